The lowest BCUT2D eigenvalue weighted by molar-refractivity contribution is 0.189. The van der Waals surface area contributed by atoms with Gasteiger partial charge in [-0.25, -0.2) is 4.79 Å². The van der Waals surface area contributed by atoms with Gasteiger partial charge in [-0.15, -0.1) is 0 Å². The van der Waals surface area contributed by atoms with Crippen LogP contribution in [0.15, 0.2) is 48.8 Å². The lowest BCUT2D eigenvalue weighted by Crippen LogP contribution is -2.43. The van der Waals surface area contributed by atoms with Crippen LogP contribution in [0.5, 0.6) is 5.75 Å². The van der Waals surface area contributed by atoms with Crippen molar-refractivity contribution >= 4 is 6.03 Å². The molecule has 0 unspecified atom stereocenters. The summed E-state index contributed by atoms with van der Waals surface area (Å²) in [6.45, 7) is 2.83. The van der Waals surface area contributed by atoms with E-state index < -0.39 is 0 Å². The van der Waals surface area contributed by atoms with E-state index in [1.165, 1.54) is 0 Å². The molecule has 0 aliphatic carbocycles. The largest absolute Gasteiger partial charge is 0.508 e. The molecule has 132 valence electrons. The van der Waals surface area contributed by atoms with Gasteiger partial charge in [0.25, 0.3) is 0 Å². The lowest BCUT2D eigenvalue weighted by Gasteiger charge is -2.27. The molecule has 2 N–H and O–H groups in total. The number of phenols is 1. The molecule has 5 heteroatoms. The summed E-state index contributed by atoms with van der Waals surface area (Å²) in [4.78, 5) is 18.7. The topological polar surface area (TPSA) is 65.5 Å². The van der Waals surface area contributed by atoms with Crippen molar-refractivity contribution < 1.29 is 9.90 Å². The number of rotatable bonds is 5. The van der Waals surface area contributed by atoms with E-state index in [0.29, 0.717) is 0 Å². The molecule has 2 aromatic rings. The second-order valence-electron chi connectivity index (χ2n) is 6.69. The second kappa shape index (κ2) is 8.01. The van der Waals surface area contributed by atoms with Crippen molar-refractivity contribution in [3.8, 4) is 5.75 Å². The van der Waals surface area contributed by atoms with E-state index in [0.717, 1.165) is 43.4 Å². The van der Waals surface area contributed by atoms with Gasteiger partial charge in [0.15, 0.2) is 0 Å². The van der Waals surface area contributed by atoms with Gasteiger partial charge in [-0.2, -0.15) is 0 Å². The maximum absolute atomic E-state index is 12.7. The van der Waals surface area contributed by atoms with Crippen LogP contribution in [-0.2, 0) is 6.42 Å². The molecular weight excluding hydrogens is 314 g/mol. The van der Waals surface area contributed by atoms with Crippen molar-refractivity contribution in [2.24, 2.45) is 0 Å². The van der Waals surface area contributed by atoms with E-state index in [4.69, 9.17) is 0 Å². The van der Waals surface area contributed by atoms with Gasteiger partial charge in [0, 0.05) is 25.0 Å². The molecule has 1 aromatic carbocycles. The summed E-state index contributed by atoms with van der Waals surface area (Å²) in [5, 5.41) is 12.5. The molecule has 1 saturated heterocycles. The van der Waals surface area contributed by atoms with Crippen LogP contribution in [0.1, 0.15) is 43.4 Å². The third-order valence-electron chi connectivity index (χ3n) is 4.78. The van der Waals surface area contributed by atoms with Gasteiger partial charge in [0.1, 0.15) is 5.75 Å². The summed E-state index contributed by atoms with van der Waals surface area (Å²) in [6, 6.07) is 11.5. The Hall–Kier alpha value is -2.56. The standard InChI is InChI=1S/C20H25N3O2/c1-15(4-5-16-6-8-18(24)9-7-16)22-20(25)23-14-2-3-19(23)17-10-12-21-13-11-17/h6-13,15,19,24H,2-5,14H2,1H3,(H,22,25)/t15-,19-/m1/s1. The average Bonchev–Trinajstić information content (AvgIpc) is 3.12. The number of hydrogen-bond donors (Lipinski definition) is 2. The fraction of sp³-hybridized carbons (Fsp3) is 0.400. The molecule has 1 aromatic heterocycles. The zero-order valence-electron chi connectivity index (χ0n) is 14.6. The highest BCUT2D eigenvalue weighted by atomic mass is 16.3. The van der Waals surface area contributed by atoms with Gasteiger partial charge >= 0.3 is 6.03 Å². The normalized spacial score (nSPS) is 18.1. The number of phenolic OH excluding ortho intramolecular Hbond substituents is 1. The smallest absolute Gasteiger partial charge is 0.318 e. The molecule has 25 heavy (non-hydrogen) atoms. The van der Waals surface area contributed by atoms with E-state index in [1.54, 1.807) is 24.5 Å². The first-order valence-corrected chi connectivity index (χ1v) is 8.88. The molecule has 2 heterocycles. The third-order valence-corrected chi connectivity index (χ3v) is 4.78. The minimum atomic E-state index is 0.0116. The monoisotopic (exact) mass is 339 g/mol. The first-order chi connectivity index (χ1) is 12.1. The van der Waals surface area contributed by atoms with E-state index in [9.17, 15) is 9.90 Å². The number of carbonyl (C=O) groups excluding carboxylic acids is 1. The molecule has 5 nitrogen and oxygen atoms in total. The molecule has 0 radical (unpaired) electrons. The molecule has 1 aliphatic heterocycles. The Morgan fingerprint density at radius 3 is 2.72 bits per heavy atom. The SMILES string of the molecule is C[C@H](CCc1ccc(O)cc1)NC(=O)N1CCC[C@@H]1c1ccncc1. The first kappa shape index (κ1) is 17.3. The van der Waals surface area contributed by atoms with Crippen molar-refractivity contribution in [2.45, 2.75) is 44.7 Å². The highest BCUT2D eigenvalue weighted by Gasteiger charge is 2.30. The number of carbonyl (C=O) groups is 1. The van der Waals surface area contributed by atoms with E-state index in [1.807, 2.05) is 36.1 Å². The highest BCUT2D eigenvalue weighted by molar-refractivity contribution is 5.75. The Kier molecular flexibility index (Phi) is 5.53. The minimum Gasteiger partial charge on any atom is -0.508 e. The maximum Gasteiger partial charge on any atom is 0.318 e. The number of pyridine rings is 1. The number of nitrogens with zero attached hydrogens (tertiary/aromatic N) is 2. The number of benzene rings is 1. The van der Waals surface area contributed by atoms with Crippen LogP contribution in [0.25, 0.3) is 0 Å². The molecule has 0 spiro atoms. The van der Waals surface area contributed by atoms with E-state index >= 15 is 0 Å². The first-order valence-electron chi connectivity index (χ1n) is 8.88. The van der Waals surface area contributed by atoms with E-state index in [2.05, 4.69) is 10.3 Å². The predicted octanol–water partition coefficient (Wildman–Crippen LogP) is 3.66. The fourth-order valence-corrected chi connectivity index (χ4v) is 3.35. The third kappa shape index (κ3) is 4.50. The van der Waals surface area contributed by atoms with Gasteiger partial charge in [0.2, 0.25) is 0 Å². The van der Waals surface area contributed by atoms with Crippen LogP contribution in [0.3, 0.4) is 0 Å². The van der Waals surface area contributed by atoms with Gasteiger partial charge < -0.3 is 15.3 Å². The zero-order chi connectivity index (χ0) is 17.6. The maximum atomic E-state index is 12.7. The quantitative estimate of drug-likeness (QED) is 0.874. The highest BCUT2D eigenvalue weighted by Crippen LogP contribution is 2.31. The van der Waals surface area contributed by atoms with Crippen molar-refractivity contribution in [1.29, 1.82) is 0 Å². The van der Waals surface area contributed by atoms with Crippen LogP contribution in [0.4, 0.5) is 4.79 Å². The Morgan fingerprint density at radius 1 is 1.28 bits per heavy atom. The van der Waals surface area contributed by atoms with Crippen molar-refractivity contribution in [1.82, 2.24) is 15.2 Å². The summed E-state index contributed by atoms with van der Waals surface area (Å²) in [7, 11) is 0. The van der Waals surface area contributed by atoms with Crippen molar-refractivity contribution in [3.05, 3.63) is 59.9 Å². The van der Waals surface area contributed by atoms with Crippen molar-refractivity contribution in [2.75, 3.05) is 6.54 Å². The van der Waals surface area contributed by atoms with Crippen LogP contribution in [0.2, 0.25) is 0 Å². The molecule has 1 aliphatic rings. The van der Waals surface area contributed by atoms with Crippen LogP contribution < -0.4 is 5.32 Å². The van der Waals surface area contributed by atoms with E-state index in [-0.39, 0.29) is 23.9 Å². The molecule has 1 fully saturated rings. The van der Waals surface area contributed by atoms with Gasteiger partial charge in [-0.05, 0) is 68.0 Å². The number of nitrogens with one attached hydrogen (secondary N) is 1. The molecule has 0 saturated carbocycles. The molecular formula is C20H25N3O2. The second-order valence-corrected chi connectivity index (χ2v) is 6.69. The van der Waals surface area contributed by atoms with Gasteiger partial charge in [-0.3, -0.25) is 4.98 Å². The van der Waals surface area contributed by atoms with Crippen LogP contribution in [0, 0.1) is 0 Å². The van der Waals surface area contributed by atoms with Gasteiger partial charge in [-0.1, -0.05) is 12.1 Å². The summed E-state index contributed by atoms with van der Waals surface area (Å²) in [6.07, 6.45) is 7.33. The minimum absolute atomic E-state index is 0.0116. The molecule has 0 bridgehead atoms. The molecule has 2 amide bonds. The Bertz CT molecular complexity index is 688. The summed E-state index contributed by atoms with van der Waals surface area (Å²) in [5.74, 6) is 0.279. The Labute approximate surface area is 148 Å². The molecule has 2 atom stereocenters. The van der Waals surface area contributed by atoms with Crippen LogP contribution >= 0.6 is 0 Å². The average molecular weight is 339 g/mol. The zero-order valence-corrected chi connectivity index (χ0v) is 14.6. The predicted molar refractivity (Wildman–Crippen MR) is 97.3 cm³/mol. The fourth-order valence-electron chi connectivity index (χ4n) is 3.35. The number of aromatic hydroxyl groups is 1. The number of amides is 2. The summed E-state index contributed by atoms with van der Waals surface area (Å²) < 4.78 is 0. The number of aromatic nitrogens is 1. The number of likely N-dealkylation sites (tertiary alicyclic amines) is 1. The van der Waals surface area contributed by atoms with Crippen molar-refractivity contribution in [3.63, 3.8) is 0 Å². The van der Waals surface area contributed by atoms with Crippen LogP contribution in [-0.4, -0.2) is 33.6 Å². The van der Waals surface area contributed by atoms with Gasteiger partial charge in [0.05, 0.1) is 6.04 Å². The summed E-state index contributed by atoms with van der Waals surface area (Å²) >= 11 is 0. The number of aryl methyl sites for hydroxylation is 1. The molecule has 3 rings (SSSR count). The summed E-state index contributed by atoms with van der Waals surface area (Å²) in [5.41, 5.74) is 2.31. The lowest BCUT2D eigenvalue weighted by atomic mass is 10.1. The Morgan fingerprint density at radius 2 is 2.00 bits per heavy atom. The number of hydrogen-bond acceptors (Lipinski definition) is 3. The number of urea groups is 1. The Balaban J connectivity index is 1.53.